The fourth-order valence-corrected chi connectivity index (χ4v) is 2.81. The highest BCUT2D eigenvalue weighted by Crippen LogP contribution is 2.21. The number of nitrogens with one attached hydrogen (secondary N) is 1. The Hall–Kier alpha value is -4.00. The van der Waals surface area contributed by atoms with Gasteiger partial charge in [0, 0.05) is 30.7 Å². The van der Waals surface area contributed by atoms with Crippen molar-refractivity contribution >= 4 is 29.2 Å². The number of nitrogens with zero attached hydrogens (tertiary/aromatic N) is 2. The Labute approximate surface area is 174 Å². The fourth-order valence-electron chi connectivity index (χ4n) is 2.81. The van der Waals surface area contributed by atoms with E-state index in [2.05, 4.69) is 10.3 Å². The molecule has 0 radical (unpaired) electrons. The van der Waals surface area contributed by atoms with Crippen LogP contribution < -0.4 is 10.2 Å². The molecule has 0 fully saturated rings. The quantitative estimate of drug-likeness (QED) is 0.612. The summed E-state index contributed by atoms with van der Waals surface area (Å²) in [5.41, 5.74) is 3.17. The second-order valence-corrected chi connectivity index (χ2v) is 6.46. The van der Waals surface area contributed by atoms with Crippen molar-refractivity contribution in [1.82, 2.24) is 4.98 Å². The van der Waals surface area contributed by atoms with E-state index in [9.17, 15) is 14.4 Å². The molecule has 2 amide bonds. The minimum Gasteiger partial charge on any atom is -0.456 e. The van der Waals surface area contributed by atoms with Gasteiger partial charge in [-0.2, -0.15) is 0 Å². The maximum Gasteiger partial charge on any atom is 0.303 e. The number of ether oxygens (including phenoxy) is 1. The molecule has 0 aliphatic heterocycles. The van der Waals surface area contributed by atoms with Crippen LogP contribution in [0.4, 0.5) is 11.4 Å². The highest BCUT2D eigenvalue weighted by molar-refractivity contribution is 6.03. The molecule has 1 heterocycles. The zero-order valence-corrected chi connectivity index (χ0v) is 16.4. The van der Waals surface area contributed by atoms with Gasteiger partial charge in [0.1, 0.15) is 6.54 Å². The molecular weight excluding hydrogens is 382 g/mol. The molecule has 0 saturated heterocycles. The lowest BCUT2D eigenvalue weighted by atomic mass is 10.1. The van der Waals surface area contributed by atoms with Crippen molar-refractivity contribution in [3.8, 4) is 11.1 Å². The average molecular weight is 403 g/mol. The van der Waals surface area contributed by atoms with Crippen LogP contribution >= 0.6 is 0 Å². The molecule has 0 atom stereocenters. The first-order valence-corrected chi connectivity index (χ1v) is 9.32. The first-order chi connectivity index (χ1) is 14.5. The summed E-state index contributed by atoms with van der Waals surface area (Å²) in [5.74, 6) is -1.42. The lowest BCUT2D eigenvalue weighted by Gasteiger charge is -2.22. The summed E-state index contributed by atoms with van der Waals surface area (Å²) in [4.78, 5) is 41.4. The van der Waals surface area contributed by atoms with Gasteiger partial charge in [0.2, 0.25) is 5.91 Å². The number of amides is 2. The van der Waals surface area contributed by atoms with E-state index in [-0.39, 0.29) is 12.5 Å². The van der Waals surface area contributed by atoms with E-state index in [1.54, 1.807) is 48.8 Å². The molecule has 0 bridgehead atoms. The van der Waals surface area contributed by atoms with E-state index >= 15 is 0 Å². The Bertz CT molecular complexity index is 1010. The summed E-state index contributed by atoms with van der Waals surface area (Å²) in [6.07, 6.45) is 3.44. The van der Waals surface area contributed by atoms with Gasteiger partial charge >= 0.3 is 5.97 Å². The van der Waals surface area contributed by atoms with Crippen LogP contribution in [-0.2, 0) is 19.1 Å². The standard InChI is InChI=1S/C23H21N3O4/c1-17(27)30-16-23(29)26(21-5-3-2-4-6-21)15-22(28)25-20-9-7-18(8-10-20)19-11-13-24-14-12-19/h2-14H,15-16H2,1H3,(H,25,28). The van der Waals surface area contributed by atoms with Gasteiger partial charge in [-0.15, -0.1) is 0 Å². The van der Waals surface area contributed by atoms with Crippen molar-refractivity contribution in [3.05, 3.63) is 79.1 Å². The lowest BCUT2D eigenvalue weighted by molar-refractivity contribution is -0.145. The summed E-state index contributed by atoms with van der Waals surface area (Å²) in [7, 11) is 0. The van der Waals surface area contributed by atoms with E-state index in [1.165, 1.54) is 11.8 Å². The van der Waals surface area contributed by atoms with Crippen molar-refractivity contribution in [1.29, 1.82) is 0 Å². The van der Waals surface area contributed by atoms with Gasteiger partial charge in [0.15, 0.2) is 6.61 Å². The van der Waals surface area contributed by atoms with E-state index in [1.807, 2.05) is 30.3 Å². The van der Waals surface area contributed by atoms with E-state index in [4.69, 9.17) is 4.74 Å². The van der Waals surface area contributed by atoms with Crippen molar-refractivity contribution in [2.75, 3.05) is 23.4 Å². The fraction of sp³-hybridized carbons (Fsp3) is 0.130. The number of esters is 1. The van der Waals surface area contributed by atoms with E-state index in [0.29, 0.717) is 11.4 Å². The third-order valence-corrected chi connectivity index (χ3v) is 4.25. The molecule has 1 aromatic heterocycles. The van der Waals surface area contributed by atoms with Crippen LogP contribution in [0.25, 0.3) is 11.1 Å². The molecule has 1 N–H and O–H groups in total. The number of rotatable bonds is 7. The third-order valence-electron chi connectivity index (χ3n) is 4.25. The number of para-hydroxylation sites is 1. The van der Waals surface area contributed by atoms with Gasteiger partial charge in [-0.05, 0) is 47.5 Å². The number of hydrogen-bond acceptors (Lipinski definition) is 5. The van der Waals surface area contributed by atoms with Gasteiger partial charge in [0.25, 0.3) is 5.91 Å². The maximum absolute atomic E-state index is 12.6. The zero-order chi connectivity index (χ0) is 21.3. The molecule has 0 spiro atoms. The lowest BCUT2D eigenvalue weighted by Crippen LogP contribution is -2.40. The molecule has 0 saturated carbocycles. The van der Waals surface area contributed by atoms with E-state index in [0.717, 1.165) is 11.1 Å². The van der Waals surface area contributed by atoms with Crippen molar-refractivity contribution in [2.24, 2.45) is 0 Å². The summed E-state index contributed by atoms with van der Waals surface area (Å²) in [6, 6.07) is 19.9. The monoisotopic (exact) mass is 403 g/mol. The minimum absolute atomic E-state index is 0.212. The number of anilines is 2. The molecule has 30 heavy (non-hydrogen) atoms. The largest absolute Gasteiger partial charge is 0.456 e. The molecule has 3 aromatic rings. The summed E-state index contributed by atoms with van der Waals surface area (Å²) >= 11 is 0. The summed E-state index contributed by atoms with van der Waals surface area (Å²) < 4.78 is 4.79. The van der Waals surface area contributed by atoms with Crippen LogP contribution in [0.2, 0.25) is 0 Å². The SMILES string of the molecule is CC(=O)OCC(=O)N(CC(=O)Nc1ccc(-c2ccncc2)cc1)c1ccccc1. The van der Waals surface area contributed by atoms with Crippen LogP contribution in [0.15, 0.2) is 79.1 Å². The maximum atomic E-state index is 12.6. The summed E-state index contributed by atoms with van der Waals surface area (Å²) in [5, 5.41) is 2.79. The van der Waals surface area contributed by atoms with Crippen molar-refractivity contribution in [3.63, 3.8) is 0 Å². The predicted molar refractivity (Wildman–Crippen MR) is 114 cm³/mol. The number of carbonyl (C=O) groups excluding carboxylic acids is 3. The molecule has 0 unspecified atom stereocenters. The molecule has 3 rings (SSSR count). The van der Waals surface area contributed by atoms with Crippen LogP contribution in [-0.4, -0.2) is 35.9 Å². The van der Waals surface area contributed by atoms with E-state index < -0.39 is 18.5 Å². The van der Waals surface area contributed by atoms with Gasteiger partial charge in [-0.3, -0.25) is 19.4 Å². The number of benzene rings is 2. The van der Waals surface area contributed by atoms with Crippen molar-refractivity contribution < 1.29 is 19.1 Å². The zero-order valence-electron chi connectivity index (χ0n) is 16.4. The molecular formula is C23H21N3O4. The van der Waals surface area contributed by atoms with Crippen molar-refractivity contribution in [2.45, 2.75) is 6.92 Å². The number of hydrogen-bond donors (Lipinski definition) is 1. The van der Waals surface area contributed by atoms with Crippen LogP contribution in [0, 0.1) is 0 Å². The molecule has 7 heteroatoms. The average Bonchev–Trinajstić information content (AvgIpc) is 2.77. The highest BCUT2D eigenvalue weighted by Gasteiger charge is 2.20. The minimum atomic E-state index is -0.560. The third kappa shape index (κ3) is 5.75. The van der Waals surface area contributed by atoms with Gasteiger partial charge in [0.05, 0.1) is 0 Å². The Morgan fingerprint density at radius 1 is 0.900 bits per heavy atom. The van der Waals surface area contributed by atoms with Gasteiger partial charge in [-0.25, -0.2) is 0 Å². The number of pyridine rings is 1. The first-order valence-electron chi connectivity index (χ1n) is 9.32. The number of carbonyl (C=O) groups is 3. The molecule has 0 aliphatic carbocycles. The smallest absolute Gasteiger partial charge is 0.303 e. The topological polar surface area (TPSA) is 88.6 Å². The molecule has 2 aromatic carbocycles. The molecule has 7 nitrogen and oxygen atoms in total. The predicted octanol–water partition coefficient (Wildman–Crippen LogP) is 3.28. The molecule has 0 aliphatic rings. The Balaban J connectivity index is 1.68. The normalized spacial score (nSPS) is 10.2. The Morgan fingerprint density at radius 2 is 1.53 bits per heavy atom. The van der Waals surface area contributed by atoms with Crippen LogP contribution in [0.3, 0.4) is 0 Å². The van der Waals surface area contributed by atoms with Crippen LogP contribution in [0.5, 0.6) is 0 Å². The van der Waals surface area contributed by atoms with Gasteiger partial charge in [-0.1, -0.05) is 30.3 Å². The number of aromatic nitrogens is 1. The Kier molecular flexibility index (Phi) is 6.89. The summed E-state index contributed by atoms with van der Waals surface area (Å²) in [6.45, 7) is 0.580. The second-order valence-electron chi connectivity index (χ2n) is 6.46. The Morgan fingerprint density at radius 3 is 2.17 bits per heavy atom. The van der Waals surface area contributed by atoms with Crippen LogP contribution in [0.1, 0.15) is 6.92 Å². The second kappa shape index (κ2) is 9.97. The molecule has 152 valence electrons. The first kappa shape index (κ1) is 20.7. The van der Waals surface area contributed by atoms with Gasteiger partial charge < -0.3 is 15.0 Å². The highest BCUT2D eigenvalue weighted by atomic mass is 16.5.